The van der Waals surface area contributed by atoms with Gasteiger partial charge in [0.2, 0.25) is 0 Å². The molecule has 0 bridgehead atoms. The number of hydrogen-bond donors (Lipinski definition) is 1. The van der Waals surface area contributed by atoms with E-state index in [0.717, 1.165) is 12.1 Å². The summed E-state index contributed by atoms with van der Waals surface area (Å²) in [5.41, 5.74) is -0.673. The van der Waals surface area contributed by atoms with E-state index >= 15 is 0 Å². The van der Waals surface area contributed by atoms with Crippen molar-refractivity contribution in [1.82, 2.24) is 0 Å². The van der Waals surface area contributed by atoms with Gasteiger partial charge in [-0.15, -0.1) is 0 Å². The fourth-order valence-corrected chi connectivity index (χ4v) is 1.07. The molecule has 0 aliphatic carbocycles. The van der Waals surface area contributed by atoms with E-state index in [1.54, 1.807) is 0 Å². The first-order valence-corrected chi connectivity index (χ1v) is 3.87. The van der Waals surface area contributed by atoms with Crippen molar-refractivity contribution in [2.75, 3.05) is 13.8 Å². The smallest absolute Gasteiger partial charge is 0.135 e. The first kappa shape index (κ1) is 10.8. The summed E-state index contributed by atoms with van der Waals surface area (Å²) in [5, 5.41) is 8.96. The Morgan fingerprint density at radius 1 is 1.36 bits per heavy atom. The van der Waals surface area contributed by atoms with Crippen molar-refractivity contribution in [3.8, 4) is 5.75 Å². The average molecular weight is 206 g/mol. The first-order chi connectivity index (χ1) is 6.60. The van der Waals surface area contributed by atoms with Crippen LogP contribution in [0, 0.1) is 11.6 Å². The highest BCUT2D eigenvalue weighted by molar-refractivity contribution is 5.31. The summed E-state index contributed by atoms with van der Waals surface area (Å²) < 4.78 is 42.8. The number of halogens is 3. The minimum Gasteiger partial charge on any atom is -0.497 e. The molecule has 2 nitrogen and oxygen atoms in total. The minimum absolute atomic E-state index is 0.0187. The average Bonchev–Trinajstić information content (AvgIpc) is 2.16. The molecule has 0 spiro atoms. The number of aliphatic hydroxyl groups is 1. The molecule has 0 fully saturated rings. The molecule has 78 valence electrons. The third-order valence-electron chi connectivity index (χ3n) is 1.77. The molecular weight excluding hydrogens is 197 g/mol. The van der Waals surface area contributed by atoms with Crippen molar-refractivity contribution < 1.29 is 23.0 Å². The Morgan fingerprint density at radius 3 is 2.21 bits per heavy atom. The maximum Gasteiger partial charge on any atom is 0.135 e. The SMILES string of the molecule is COc1cc(F)c(C(O)CF)c(F)c1. The molecule has 5 heteroatoms. The van der Waals surface area contributed by atoms with Gasteiger partial charge in [-0.3, -0.25) is 0 Å². The molecule has 0 radical (unpaired) electrons. The number of ether oxygens (including phenoxy) is 1. The maximum absolute atomic E-state index is 13.1. The van der Waals surface area contributed by atoms with Crippen molar-refractivity contribution in [3.63, 3.8) is 0 Å². The lowest BCUT2D eigenvalue weighted by molar-refractivity contribution is 0.133. The molecule has 1 unspecified atom stereocenters. The topological polar surface area (TPSA) is 29.5 Å². The molecule has 14 heavy (non-hydrogen) atoms. The Hall–Kier alpha value is -1.23. The summed E-state index contributed by atoms with van der Waals surface area (Å²) in [5.74, 6) is -2.06. The van der Waals surface area contributed by atoms with Gasteiger partial charge in [-0.25, -0.2) is 13.2 Å². The van der Waals surface area contributed by atoms with Gasteiger partial charge in [-0.2, -0.15) is 0 Å². The van der Waals surface area contributed by atoms with Crippen LogP contribution in [0.5, 0.6) is 5.75 Å². The number of rotatable bonds is 3. The Labute approximate surface area is 78.9 Å². The maximum atomic E-state index is 13.1. The van der Waals surface area contributed by atoms with Gasteiger partial charge in [0.15, 0.2) is 0 Å². The van der Waals surface area contributed by atoms with E-state index in [4.69, 9.17) is 5.11 Å². The van der Waals surface area contributed by atoms with E-state index in [2.05, 4.69) is 4.74 Å². The van der Waals surface area contributed by atoms with Gasteiger partial charge in [0.05, 0.1) is 12.7 Å². The van der Waals surface area contributed by atoms with Crippen LogP contribution in [0.2, 0.25) is 0 Å². The molecule has 1 aromatic rings. The molecule has 0 amide bonds. The number of alkyl halides is 1. The molecule has 1 N–H and O–H groups in total. The second-order valence-electron chi connectivity index (χ2n) is 2.67. The molecule has 0 aliphatic heterocycles. The van der Waals surface area contributed by atoms with Crippen molar-refractivity contribution in [1.29, 1.82) is 0 Å². The molecule has 0 aromatic heterocycles. The summed E-state index contributed by atoms with van der Waals surface area (Å²) in [6.07, 6.45) is -1.78. The standard InChI is InChI=1S/C9H9F3O2/c1-14-5-2-6(11)9(7(12)3-5)8(13)4-10/h2-3,8,13H,4H2,1H3. The Balaban J connectivity index is 3.18. The fraction of sp³-hybridized carbons (Fsp3) is 0.333. The minimum atomic E-state index is -1.78. The lowest BCUT2D eigenvalue weighted by Gasteiger charge is -2.10. The zero-order chi connectivity index (χ0) is 10.7. The number of methoxy groups -OCH3 is 1. The van der Waals surface area contributed by atoms with Crippen molar-refractivity contribution in [3.05, 3.63) is 29.3 Å². The molecule has 1 atom stereocenters. The summed E-state index contributed by atoms with van der Waals surface area (Å²) in [4.78, 5) is 0. The third kappa shape index (κ3) is 1.98. The van der Waals surface area contributed by atoms with E-state index in [1.165, 1.54) is 7.11 Å². The van der Waals surface area contributed by atoms with Crippen LogP contribution in [0.4, 0.5) is 13.2 Å². The molecule has 1 aromatic carbocycles. The van der Waals surface area contributed by atoms with E-state index < -0.39 is 30.0 Å². The van der Waals surface area contributed by atoms with Crippen LogP contribution >= 0.6 is 0 Å². The van der Waals surface area contributed by atoms with Gasteiger partial charge in [0.1, 0.15) is 30.2 Å². The second-order valence-corrected chi connectivity index (χ2v) is 2.67. The Morgan fingerprint density at radius 2 is 1.86 bits per heavy atom. The summed E-state index contributed by atoms with van der Waals surface area (Å²) in [6.45, 7) is -1.24. The highest BCUT2D eigenvalue weighted by Gasteiger charge is 2.19. The molecule has 0 aliphatic rings. The molecule has 0 saturated carbocycles. The lowest BCUT2D eigenvalue weighted by Crippen LogP contribution is -2.06. The van der Waals surface area contributed by atoms with Gasteiger partial charge in [0.25, 0.3) is 0 Å². The van der Waals surface area contributed by atoms with E-state index in [9.17, 15) is 13.2 Å². The Kier molecular flexibility index (Phi) is 3.35. The number of aliphatic hydroxyl groups excluding tert-OH is 1. The predicted molar refractivity (Wildman–Crippen MR) is 43.8 cm³/mol. The predicted octanol–water partition coefficient (Wildman–Crippen LogP) is 1.98. The van der Waals surface area contributed by atoms with Gasteiger partial charge in [0, 0.05) is 12.1 Å². The van der Waals surface area contributed by atoms with Crippen molar-refractivity contribution in [2.24, 2.45) is 0 Å². The van der Waals surface area contributed by atoms with Crippen LogP contribution in [-0.2, 0) is 0 Å². The first-order valence-electron chi connectivity index (χ1n) is 3.87. The summed E-state index contributed by atoms with van der Waals surface area (Å²) >= 11 is 0. The van der Waals surface area contributed by atoms with Crippen molar-refractivity contribution in [2.45, 2.75) is 6.10 Å². The normalized spacial score (nSPS) is 12.6. The number of hydrogen-bond acceptors (Lipinski definition) is 2. The summed E-state index contributed by atoms with van der Waals surface area (Å²) in [6, 6.07) is 1.77. The molecule has 0 saturated heterocycles. The monoisotopic (exact) mass is 206 g/mol. The molecular formula is C9H9F3O2. The van der Waals surface area contributed by atoms with Gasteiger partial charge in [-0.05, 0) is 0 Å². The van der Waals surface area contributed by atoms with Crippen molar-refractivity contribution >= 4 is 0 Å². The van der Waals surface area contributed by atoms with Gasteiger partial charge < -0.3 is 9.84 Å². The van der Waals surface area contributed by atoms with Crippen LogP contribution in [0.25, 0.3) is 0 Å². The summed E-state index contributed by atoms with van der Waals surface area (Å²) in [7, 11) is 1.25. The largest absolute Gasteiger partial charge is 0.497 e. The quantitative estimate of drug-likeness (QED) is 0.819. The van der Waals surface area contributed by atoms with Crippen LogP contribution in [0.3, 0.4) is 0 Å². The lowest BCUT2D eigenvalue weighted by atomic mass is 10.1. The van der Waals surface area contributed by atoms with Crippen LogP contribution < -0.4 is 4.74 Å². The van der Waals surface area contributed by atoms with Gasteiger partial charge >= 0.3 is 0 Å². The van der Waals surface area contributed by atoms with Gasteiger partial charge in [-0.1, -0.05) is 0 Å². The molecule has 1 rings (SSSR count). The number of benzene rings is 1. The van der Waals surface area contributed by atoms with Crippen LogP contribution in [0.15, 0.2) is 12.1 Å². The molecule has 0 heterocycles. The zero-order valence-electron chi connectivity index (χ0n) is 7.43. The highest BCUT2D eigenvalue weighted by Crippen LogP contribution is 2.25. The second kappa shape index (κ2) is 4.32. The van der Waals surface area contributed by atoms with E-state index in [-0.39, 0.29) is 5.75 Å². The fourth-order valence-electron chi connectivity index (χ4n) is 1.07. The zero-order valence-corrected chi connectivity index (χ0v) is 7.43. The van der Waals surface area contributed by atoms with E-state index in [0.29, 0.717) is 0 Å². The Bertz CT molecular complexity index is 305. The third-order valence-corrected chi connectivity index (χ3v) is 1.77. The van der Waals surface area contributed by atoms with E-state index in [1.807, 2.05) is 0 Å². The van der Waals surface area contributed by atoms with Crippen LogP contribution in [-0.4, -0.2) is 18.9 Å². The van der Waals surface area contributed by atoms with Crippen LogP contribution in [0.1, 0.15) is 11.7 Å². The highest BCUT2D eigenvalue weighted by atomic mass is 19.1.